The van der Waals surface area contributed by atoms with Crippen LogP contribution in [0, 0.1) is 5.92 Å². The van der Waals surface area contributed by atoms with E-state index in [4.69, 9.17) is 4.74 Å². The lowest BCUT2D eigenvalue weighted by Crippen LogP contribution is -2.33. The topological polar surface area (TPSA) is 29.5 Å². The Morgan fingerprint density at radius 3 is 2.93 bits per heavy atom. The molecule has 1 saturated heterocycles. The van der Waals surface area contributed by atoms with Crippen LogP contribution in [-0.2, 0) is 11.2 Å². The molecule has 0 saturated carbocycles. The van der Waals surface area contributed by atoms with Crippen molar-refractivity contribution in [3.8, 4) is 0 Å². The Morgan fingerprint density at radius 1 is 1.40 bits per heavy atom. The first kappa shape index (κ1) is 11.1. The van der Waals surface area contributed by atoms with Gasteiger partial charge in [-0.1, -0.05) is 34.1 Å². The van der Waals surface area contributed by atoms with Crippen LogP contribution < -0.4 is 0 Å². The van der Waals surface area contributed by atoms with Crippen LogP contribution in [0.3, 0.4) is 0 Å². The molecular formula is C12H15BrO2. The summed E-state index contributed by atoms with van der Waals surface area (Å²) in [6.45, 7) is 1.36. The number of benzene rings is 1. The molecule has 15 heavy (non-hydrogen) atoms. The fraction of sp³-hybridized carbons (Fsp3) is 0.500. The van der Waals surface area contributed by atoms with Gasteiger partial charge in [-0.15, -0.1) is 0 Å². The van der Waals surface area contributed by atoms with Crippen LogP contribution in [0.4, 0.5) is 0 Å². The minimum atomic E-state index is -0.217. The van der Waals surface area contributed by atoms with Gasteiger partial charge in [-0.05, 0) is 24.5 Å². The molecule has 1 fully saturated rings. The van der Waals surface area contributed by atoms with E-state index in [1.54, 1.807) is 0 Å². The number of ether oxygens (including phenoxy) is 1. The number of rotatable bonds is 2. The Hall–Kier alpha value is -0.380. The molecule has 1 aromatic rings. The van der Waals surface area contributed by atoms with Crippen molar-refractivity contribution in [3.63, 3.8) is 0 Å². The van der Waals surface area contributed by atoms with E-state index >= 15 is 0 Å². The molecule has 2 rings (SSSR count). The summed E-state index contributed by atoms with van der Waals surface area (Å²) in [6, 6.07) is 8.15. The summed E-state index contributed by atoms with van der Waals surface area (Å²) < 4.78 is 6.50. The standard InChI is InChI=1S/C12H15BrO2/c13-11-4-2-1-3-9(11)7-10-8-15-6-5-12(10)14/h1-4,10,12,14H,5-8H2. The average Bonchev–Trinajstić information content (AvgIpc) is 2.24. The van der Waals surface area contributed by atoms with Crippen LogP contribution in [0.5, 0.6) is 0 Å². The van der Waals surface area contributed by atoms with Gasteiger partial charge in [0.25, 0.3) is 0 Å². The zero-order valence-corrected chi connectivity index (χ0v) is 10.1. The van der Waals surface area contributed by atoms with Gasteiger partial charge in [0.15, 0.2) is 0 Å². The second kappa shape index (κ2) is 5.10. The minimum absolute atomic E-state index is 0.217. The quantitative estimate of drug-likeness (QED) is 0.895. The van der Waals surface area contributed by atoms with Crippen LogP contribution in [0.2, 0.25) is 0 Å². The van der Waals surface area contributed by atoms with Gasteiger partial charge in [0.05, 0.1) is 12.7 Å². The van der Waals surface area contributed by atoms with Crippen molar-refractivity contribution in [2.45, 2.75) is 18.9 Å². The summed E-state index contributed by atoms with van der Waals surface area (Å²) >= 11 is 3.52. The Balaban J connectivity index is 2.04. The minimum Gasteiger partial charge on any atom is -0.393 e. The lowest BCUT2D eigenvalue weighted by molar-refractivity contribution is -0.0351. The SMILES string of the molecule is OC1CCOCC1Cc1ccccc1Br. The summed E-state index contributed by atoms with van der Waals surface area (Å²) in [6.07, 6.45) is 1.42. The van der Waals surface area contributed by atoms with E-state index in [0.29, 0.717) is 13.2 Å². The maximum absolute atomic E-state index is 9.83. The van der Waals surface area contributed by atoms with Crippen molar-refractivity contribution in [1.82, 2.24) is 0 Å². The summed E-state index contributed by atoms with van der Waals surface area (Å²) in [7, 11) is 0. The smallest absolute Gasteiger partial charge is 0.0615 e. The fourth-order valence-corrected chi connectivity index (χ4v) is 2.37. The van der Waals surface area contributed by atoms with Gasteiger partial charge in [-0.3, -0.25) is 0 Å². The molecule has 0 bridgehead atoms. The van der Waals surface area contributed by atoms with Crippen molar-refractivity contribution in [1.29, 1.82) is 0 Å². The molecule has 2 unspecified atom stereocenters. The molecule has 0 aliphatic carbocycles. The summed E-state index contributed by atoms with van der Waals surface area (Å²) in [5, 5.41) is 9.83. The first-order chi connectivity index (χ1) is 7.27. The van der Waals surface area contributed by atoms with Crippen molar-refractivity contribution in [2.75, 3.05) is 13.2 Å². The lowest BCUT2D eigenvalue weighted by Gasteiger charge is -2.28. The molecule has 1 heterocycles. The van der Waals surface area contributed by atoms with E-state index in [9.17, 15) is 5.11 Å². The molecule has 82 valence electrons. The van der Waals surface area contributed by atoms with Gasteiger partial charge < -0.3 is 9.84 Å². The number of halogens is 1. The van der Waals surface area contributed by atoms with E-state index in [0.717, 1.165) is 17.3 Å². The molecule has 0 aromatic heterocycles. The van der Waals surface area contributed by atoms with Crippen LogP contribution in [0.1, 0.15) is 12.0 Å². The van der Waals surface area contributed by atoms with Crippen molar-refractivity contribution in [2.24, 2.45) is 5.92 Å². The second-order valence-electron chi connectivity index (χ2n) is 3.99. The highest BCUT2D eigenvalue weighted by atomic mass is 79.9. The molecule has 1 aromatic carbocycles. The van der Waals surface area contributed by atoms with Crippen LogP contribution in [0.15, 0.2) is 28.7 Å². The predicted molar refractivity (Wildman–Crippen MR) is 62.8 cm³/mol. The number of hydrogen-bond donors (Lipinski definition) is 1. The number of aliphatic hydroxyl groups excluding tert-OH is 1. The third-order valence-electron chi connectivity index (χ3n) is 2.87. The molecule has 0 spiro atoms. The van der Waals surface area contributed by atoms with E-state index in [1.807, 2.05) is 18.2 Å². The number of hydrogen-bond acceptors (Lipinski definition) is 2. The maximum Gasteiger partial charge on any atom is 0.0615 e. The average molecular weight is 271 g/mol. The Morgan fingerprint density at radius 2 is 2.20 bits per heavy atom. The van der Waals surface area contributed by atoms with Crippen LogP contribution in [0.25, 0.3) is 0 Å². The van der Waals surface area contributed by atoms with E-state index in [2.05, 4.69) is 22.0 Å². The van der Waals surface area contributed by atoms with Crippen molar-refractivity contribution >= 4 is 15.9 Å². The second-order valence-corrected chi connectivity index (χ2v) is 4.84. The monoisotopic (exact) mass is 270 g/mol. The molecule has 0 radical (unpaired) electrons. The molecule has 1 aliphatic heterocycles. The van der Waals surface area contributed by atoms with E-state index < -0.39 is 0 Å². The maximum atomic E-state index is 9.83. The third kappa shape index (κ3) is 2.80. The molecule has 1 N–H and O–H groups in total. The van der Waals surface area contributed by atoms with E-state index in [1.165, 1.54) is 5.56 Å². The van der Waals surface area contributed by atoms with Gasteiger partial charge in [-0.25, -0.2) is 0 Å². The molecule has 3 heteroatoms. The normalized spacial score (nSPS) is 26.5. The highest BCUT2D eigenvalue weighted by molar-refractivity contribution is 9.10. The zero-order chi connectivity index (χ0) is 10.7. The first-order valence-corrected chi connectivity index (χ1v) is 6.06. The first-order valence-electron chi connectivity index (χ1n) is 5.26. The fourth-order valence-electron chi connectivity index (χ4n) is 1.93. The third-order valence-corrected chi connectivity index (χ3v) is 3.65. The Kier molecular flexibility index (Phi) is 3.78. The molecular weight excluding hydrogens is 256 g/mol. The highest BCUT2D eigenvalue weighted by Crippen LogP contribution is 2.24. The van der Waals surface area contributed by atoms with Gasteiger partial charge in [0, 0.05) is 17.0 Å². The Labute approximate surface area is 98.4 Å². The number of aliphatic hydroxyl groups is 1. The molecule has 2 atom stereocenters. The van der Waals surface area contributed by atoms with Gasteiger partial charge in [0.2, 0.25) is 0 Å². The van der Waals surface area contributed by atoms with Gasteiger partial charge in [-0.2, -0.15) is 0 Å². The largest absolute Gasteiger partial charge is 0.393 e. The summed E-state index contributed by atoms with van der Waals surface area (Å²) in [4.78, 5) is 0. The summed E-state index contributed by atoms with van der Waals surface area (Å²) in [5.41, 5.74) is 1.24. The molecule has 2 nitrogen and oxygen atoms in total. The zero-order valence-electron chi connectivity index (χ0n) is 8.53. The highest BCUT2D eigenvalue weighted by Gasteiger charge is 2.24. The van der Waals surface area contributed by atoms with E-state index in [-0.39, 0.29) is 12.0 Å². The molecule has 0 amide bonds. The molecule has 1 aliphatic rings. The van der Waals surface area contributed by atoms with Crippen molar-refractivity contribution < 1.29 is 9.84 Å². The summed E-state index contributed by atoms with van der Waals surface area (Å²) in [5.74, 6) is 0.234. The lowest BCUT2D eigenvalue weighted by atomic mass is 9.92. The van der Waals surface area contributed by atoms with Gasteiger partial charge in [0.1, 0.15) is 0 Å². The van der Waals surface area contributed by atoms with Crippen molar-refractivity contribution in [3.05, 3.63) is 34.3 Å². The Bertz CT molecular complexity index is 327. The van der Waals surface area contributed by atoms with Crippen LogP contribution in [-0.4, -0.2) is 24.4 Å². The van der Waals surface area contributed by atoms with Crippen LogP contribution >= 0.6 is 15.9 Å². The van der Waals surface area contributed by atoms with Gasteiger partial charge >= 0.3 is 0 Å². The predicted octanol–water partition coefficient (Wildman–Crippen LogP) is 2.39.